The number of carboxylic acids is 2. The summed E-state index contributed by atoms with van der Waals surface area (Å²) in [5.41, 5.74) is -0.686. The molecule has 1 fully saturated rings. The summed E-state index contributed by atoms with van der Waals surface area (Å²) < 4.78 is 53.6. The van der Waals surface area contributed by atoms with Crippen LogP contribution in [0.25, 0.3) is 0 Å². The number of carbonyl (C=O) groups is 2. The predicted molar refractivity (Wildman–Crippen MR) is 116 cm³/mol. The number of carboxylic acid groups (broad SMARTS) is 2. The topological polar surface area (TPSA) is 89.9 Å². The summed E-state index contributed by atoms with van der Waals surface area (Å²) in [5.74, 6) is -2.69. The monoisotopic (exact) mass is 476 g/mol. The molecule has 0 unspecified atom stereocenters. The largest absolute Gasteiger partial charge is 0.478 e. The molecule has 1 aromatic rings. The van der Waals surface area contributed by atoms with Crippen molar-refractivity contribution in [1.82, 2.24) is 10.2 Å². The molecule has 2 rings (SSSR count). The number of hydrogen-bond acceptors (Lipinski definition) is 4. The van der Waals surface area contributed by atoms with Crippen LogP contribution in [0.2, 0.25) is 0 Å². The number of piperidine rings is 1. The first-order chi connectivity index (χ1) is 15.5. The highest BCUT2D eigenvalue weighted by Crippen LogP contribution is 2.33. The van der Waals surface area contributed by atoms with Crippen molar-refractivity contribution in [3.8, 4) is 0 Å². The zero-order chi connectivity index (χ0) is 25.0. The van der Waals surface area contributed by atoms with Gasteiger partial charge in [-0.05, 0) is 55.6 Å². The molecule has 0 aromatic heterocycles. The minimum Gasteiger partial charge on any atom is -0.478 e. The van der Waals surface area contributed by atoms with E-state index in [0.29, 0.717) is 18.1 Å². The third-order valence-corrected chi connectivity index (χ3v) is 5.59. The highest BCUT2D eigenvalue weighted by Gasteiger charge is 2.34. The summed E-state index contributed by atoms with van der Waals surface area (Å²) in [7, 11) is 0. The van der Waals surface area contributed by atoms with Gasteiger partial charge in [0, 0.05) is 31.3 Å². The molecular formula is C23H32F4N2O4. The molecule has 0 saturated carbocycles. The van der Waals surface area contributed by atoms with E-state index in [0.717, 1.165) is 63.5 Å². The Hall–Kier alpha value is -2.46. The molecule has 6 nitrogen and oxygen atoms in total. The number of alkyl halides is 3. The lowest BCUT2D eigenvalue weighted by atomic mass is 9.97. The van der Waals surface area contributed by atoms with Crippen molar-refractivity contribution >= 4 is 11.9 Å². The quantitative estimate of drug-likeness (QED) is 0.358. The average molecular weight is 477 g/mol. The number of halogens is 4. The fourth-order valence-corrected chi connectivity index (χ4v) is 3.72. The molecule has 1 aliphatic rings. The van der Waals surface area contributed by atoms with Gasteiger partial charge in [0.2, 0.25) is 0 Å². The maximum Gasteiger partial charge on any atom is 0.416 e. The van der Waals surface area contributed by atoms with E-state index in [1.54, 1.807) is 0 Å². The van der Waals surface area contributed by atoms with Crippen LogP contribution in [-0.2, 0) is 22.3 Å². The van der Waals surface area contributed by atoms with Crippen molar-refractivity contribution in [1.29, 1.82) is 0 Å². The van der Waals surface area contributed by atoms with Gasteiger partial charge in [-0.25, -0.2) is 14.0 Å². The van der Waals surface area contributed by atoms with Crippen molar-refractivity contribution in [2.24, 2.45) is 5.92 Å². The fraction of sp³-hybridized carbons (Fsp3) is 0.565. The molecule has 0 radical (unpaired) electrons. The molecular weight excluding hydrogens is 444 g/mol. The van der Waals surface area contributed by atoms with Crippen LogP contribution in [0.4, 0.5) is 17.6 Å². The van der Waals surface area contributed by atoms with Crippen LogP contribution in [0.1, 0.15) is 50.7 Å². The first-order valence-electron chi connectivity index (χ1n) is 10.9. The van der Waals surface area contributed by atoms with Crippen LogP contribution in [-0.4, -0.2) is 52.7 Å². The Morgan fingerprint density at radius 2 is 1.67 bits per heavy atom. The van der Waals surface area contributed by atoms with Gasteiger partial charge in [-0.3, -0.25) is 4.90 Å². The lowest BCUT2D eigenvalue weighted by molar-refractivity contribution is -0.138. The number of benzene rings is 1. The maximum atomic E-state index is 13.6. The van der Waals surface area contributed by atoms with E-state index in [1.165, 1.54) is 0 Å². The molecule has 0 atom stereocenters. The normalized spacial score (nSPS) is 15.0. The molecule has 186 valence electrons. The molecule has 1 aromatic carbocycles. The van der Waals surface area contributed by atoms with Gasteiger partial charge in [0.1, 0.15) is 5.82 Å². The molecule has 0 spiro atoms. The summed E-state index contributed by atoms with van der Waals surface area (Å²) in [6.45, 7) is 6.87. The Labute approximate surface area is 191 Å². The van der Waals surface area contributed by atoms with Gasteiger partial charge in [0.25, 0.3) is 0 Å². The second-order valence-electron chi connectivity index (χ2n) is 7.90. The molecule has 0 aliphatic carbocycles. The summed E-state index contributed by atoms with van der Waals surface area (Å²) in [4.78, 5) is 21.2. The number of nitrogens with zero attached hydrogens (tertiary/aromatic N) is 1. The lowest BCUT2D eigenvalue weighted by Crippen LogP contribution is -2.44. The van der Waals surface area contributed by atoms with E-state index < -0.39 is 29.5 Å². The first kappa shape index (κ1) is 28.6. The minimum absolute atomic E-state index is 0.0389. The van der Waals surface area contributed by atoms with Crippen LogP contribution in [0.5, 0.6) is 0 Å². The lowest BCUT2D eigenvalue weighted by Gasteiger charge is -2.37. The summed E-state index contributed by atoms with van der Waals surface area (Å²) in [5, 5.41) is 18.9. The van der Waals surface area contributed by atoms with Crippen molar-refractivity contribution < 1.29 is 37.4 Å². The molecule has 0 amide bonds. The Bertz CT molecular complexity index is 773. The number of nitrogens with one attached hydrogen (secondary N) is 1. The molecule has 1 heterocycles. The van der Waals surface area contributed by atoms with Gasteiger partial charge >= 0.3 is 18.1 Å². The van der Waals surface area contributed by atoms with E-state index in [4.69, 9.17) is 10.2 Å². The van der Waals surface area contributed by atoms with Crippen LogP contribution in [0.15, 0.2) is 30.4 Å². The van der Waals surface area contributed by atoms with Gasteiger partial charge in [-0.15, -0.1) is 0 Å². The number of aliphatic carboxylic acids is 2. The van der Waals surface area contributed by atoms with E-state index in [-0.39, 0.29) is 18.2 Å². The minimum atomic E-state index is -4.46. The van der Waals surface area contributed by atoms with Crippen molar-refractivity contribution in [2.45, 2.75) is 58.3 Å². The van der Waals surface area contributed by atoms with Crippen LogP contribution in [0, 0.1) is 11.7 Å². The summed E-state index contributed by atoms with van der Waals surface area (Å²) in [6.07, 6.45) is 0.469. The number of hydrogen-bond donors (Lipinski definition) is 3. The Morgan fingerprint density at radius 1 is 1.12 bits per heavy atom. The van der Waals surface area contributed by atoms with Gasteiger partial charge in [-0.1, -0.05) is 26.7 Å². The molecule has 1 saturated heterocycles. The molecule has 1 aliphatic heterocycles. The average Bonchev–Trinajstić information content (AvgIpc) is 2.75. The third-order valence-electron chi connectivity index (χ3n) is 5.59. The molecule has 10 heteroatoms. The SMILES string of the molecule is CCC(CC)CN(Cc1cc(F)ccc1C(F)(F)F)C1CCNCC1.O=C(O)C=CC(=O)O. The van der Waals surface area contributed by atoms with Crippen LogP contribution < -0.4 is 5.32 Å². The maximum absolute atomic E-state index is 13.6. The Kier molecular flexibility index (Phi) is 12.1. The number of rotatable bonds is 9. The van der Waals surface area contributed by atoms with Gasteiger partial charge < -0.3 is 15.5 Å². The fourth-order valence-electron chi connectivity index (χ4n) is 3.72. The predicted octanol–water partition coefficient (Wildman–Crippen LogP) is 4.55. The molecule has 3 N–H and O–H groups in total. The first-order valence-corrected chi connectivity index (χ1v) is 10.9. The van der Waals surface area contributed by atoms with E-state index >= 15 is 0 Å². The van der Waals surface area contributed by atoms with Crippen LogP contribution in [0.3, 0.4) is 0 Å². The van der Waals surface area contributed by atoms with Gasteiger partial charge in [0.15, 0.2) is 0 Å². The zero-order valence-electron chi connectivity index (χ0n) is 18.9. The van der Waals surface area contributed by atoms with Crippen molar-refractivity contribution in [3.05, 3.63) is 47.3 Å². The van der Waals surface area contributed by atoms with Crippen molar-refractivity contribution in [3.63, 3.8) is 0 Å². The van der Waals surface area contributed by atoms with Crippen LogP contribution >= 0.6 is 0 Å². The molecule has 0 bridgehead atoms. The standard InChI is InChI=1S/C19H28F4N2.C4H4O4/c1-3-14(4-2)12-25(17-7-9-24-10-8-17)13-15-11-16(20)5-6-18(15)19(21,22)23;5-3(6)1-2-4(7)8/h5-6,11,14,17,24H,3-4,7-10,12-13H2,1-2H3;1-2H,(H,5,6)(H,7,8). The second kappa shape index (κ2) is 13.9. The van der Waals surface area contributed by atoms with E-state index in [2.05, 4.69) is 24.1 Å². The highest BCUT2D eigenvalue weighted by molar-refractivity contribution is 5.89. The highest BCUT2D eigenvalue weighted by atomic mass is 19.4. The molecule has 33 heavy (non-hydrogen) atoms. The third kappa shape index (κ3) is 10.8. The Morgan fingerprint density at radius 3 is 2.12 bits per heavy atom. The summed E-state index contributed by atoms with van der Waals surface area (Å²) in [6, 6.07) is 3.04. The smallest absolute Gasteiger partial charge is 0.416 e. The van der Waals surface area contributed by atoms with Crippen molar-refractivity contribution in [2.75, 3.05) is 19.6 Å². The summed E-state index contributed by atoms with van der Waals surface area (Å²) >= 11 is 0. The van der Waals surface area contributed by atoms with E-state index in [9.17, 15) is 27.2 Å². The van der Waals surface area contributed by atoms with Gasteiger partial charge in [0.05, 0.1) is 5.56 Å². The zero-order valence-corrected chi connectivity index (χ0v) is 18.9. The second-order valence-corrected chi connectivity index (χ2v) is 7.90. The Balaban J connectivity index is 0.000000582. The van der Waals surface area contributed by atoms with Gasteiger partial charge in [-0.2, -0.15) is 13.2 Å². The van der Waals surface area contributed by atoms with E-state index in [1.807, 2.05) is 0 Å².